The van der Waals surface area contributed by atoms with Gasteiger partial charge in [0, 0.05) is 54.3 Å². The number of fused-ring (bicyclic) bond motifs is 2. The monoisotopic (exact) mass is 568 g/mol. The molecule has 1 saturated heterocycles. The second kappa shape index (κ2) is 9.99. The van der Waals surface area contributed by atoms with Gasteiger partial charge in [-0.25, -0.2) is 23.4 Å². The average molecular weight is 569 g/mol. The van der Waals surface area contributed by atoms with Crippen LogP contribution in [0.5, 0.6) is 5.75 Å². The van der Waals surface area contributed by atoms with Crippen LogP contribution in [0.1, 0.15) is 43.5 Å². The predicted octanol–water partition coefficient (Wildman–Crippen LogP) is 3.83. The highest BCUT2D eigenvalue weighted by molar-refractivity contribution is 7.89. The number of anilines is 1. The standard InChI is InChI=1S/C28H33ClN6O3S/c1-28(2)7-5-23-22(13-28)27(33-17-32-23)34-9-10-38-24-4-3-18(11-20(24)15-34)19-12-25(26(29)31-14-19)39(36,37)35-8-6-21(30)16-35/h3-4,11-12,14,17,21H,5-10,13,15-16,30H2,1-2H3/t21-/m0/s1. The summed E-state index contributed by atoms with van der Waals surface area (Å²) in [6, 6.07) is 7.34. The molecule has 4 heterocycles. The van der Waals surface area contributed by atoms with Crippen molar-refractivity contribution >= 4 is 27.4 Å². The van der Waals surface area contributed by atoms with Crippen LogP contribution in [-0.4, -0.2) is 60.0 Å². The van der Waals surface area contributed by atoms with Crippen molar-refractivity contribution in [2.45, 2.75) is 57.0 Å². The fourth-order valence-corrected chi connectivity index (χ4v) is 7.71. The molecule has 0 unspecified atom stereocenters. The summed E-state index contributed by atoms with van der Waals surface area (Å²) in [7, 11) is -3.81. The number of sulfonamides is 1. The van der Waals surface area contributed by atoms with Crippen LogP contribution in [0.3, 0.4) is 0 Å². The lowest BCUT2D eigenvalue weighted by Crippen LogP contribution is -2.32. The van der Waals surface area contributed by atoms with Gasteiger partial charge in [0.05, 0.1) is 6.54 Å². The maximum Gasteiger partial charge on any atom is 0.246 e. The first-order chi connectivity index (χ1) is 18.6. The van der Waals surface area contributed by atoms with E-state index >= 15 is 0 Å². The van der Waals surface area contributed by atoms with Crippen molar-refractivity contribution < 1.29 is 13.2 Å². The molecule has 0 saturated carbocycles. The summed E-state index contributed by atoms with van der Waals surface area (Å²) in [4.78, 5) is 15.8. The van der Waals surface area contributed by atoms with E-state index < -0.39 is 10.0 Å². The van der Waals surface area contributed by atoms with Crippen molar-refractivity contribution in [1.82, 2.24) is 19.3 Å². The van der Waals surface area contributed by atoms with Crippen LogP contribution in [0, 0.1) is 5.41 Å². The molecule has 0 amide bonds. The number of nitrogens with zero attached hydrogens (tertiary/aromatic N) is 5. The highest BCUT2D eigenvalue weighted by atomic mass is 35.5. The fraction of sp³-hybridized carbons (Fsp3) is 0.464. The van der Waals surface area contributed by atoms with Crippen molar-refractivity contribution in [2.24, 2.45) is 11.1 Å². The highest BCUT2D eigenvalue weighted by Crippen LogP contribution is 2.39. The zero-order valence-electron chi connectivity index (χ0n) is 22.2. The molecule has 0 bridgehead atoms. The Hall–Kier alpha value is -2.79. The predicted molar refractivity (Wildman–Crippen MR) is 150 cm³/mol. The molecule has 39 heavy (non-hydrogen) atoms. The lowest BCUT2D eigenvalue weighted by molar-refractivity contribution is 0.310. The highest BCUT2D eigenvalue weighted by Gasteiger charge is 2.34. The van der Waals surface area contributed by atoms with E-state index in [-0.39, 0.29) is 28.1 Å². The van der Waals surface area contributed by atoms with Gasteiger partial charge in [0.15, 0.2) is 0 Å². The molecule has 1 atom stereocenters. The van der Waals surface area contributed by atoms with E-state index in [4.69, 9.17) is 27.1 Å². The third-order valence-electron chi connectivity index (χ3n) is 7.99. The Balaban J connectivity index is 1.33. The molecule has 6 rings (SSSR count). The van der Waals surface area contributed by atoms with Gasteiger partial charge in [-0.1, -0.05) is 31.5 Å². The number of rotatable bonds is 4. The Morgan fingerprint density at radius 3 is 2.77 bits per heavy atom. The van der Waals surface area contributed by atoms with Gasteiger partial charge >= 0.3 is 0 Å². The number of aromatic nitrogens is 3. The van der Waals surface area contributed by atoms with E-state index in [1.807, 2.05) is 18.2 Å². The summed E-state index contributed by atoms with van der Waals surface area (Å²) in [6.45, 7) is 7.11. The van der Waals surface area contributed by atoms with Gasteiger partial charge in [-0.15, -0.1) is 0 Å². The normalized spacial score (nSPS) is 21.1. The molecule has 206 valence electrons. The minimum absolute atomic E-state index is 0.00110. The molecule has 3 aromatic rings. The van der Waals surface area contributed by atoms with Crippen molar-refractivity contribution in [3.05, 3.63) is 58.8 Å². The van der Waals surface area contributed by atoms with Crippen LogP contribution in [0.2, 0.25) is 5.15 Å². The van der Waals surface area contributed by atoms with Crippen LogP contribution < -0.4 is 15.4 Å². The zero-order chi connectivity index (χ0) is 27.4. The number of halogens is 1. The van der Waals surface area contributed by atoms with Gasteiger partial charge in [0.2, 0.25) is 10.0 Å². The van der Waals surface area contributed by atoms with Gasteiger partial charge in [0.25, 0.3) is 0 Å². The van der Waals surface area contributed by atoms with E-state index in [1.165, 1.54) is 9.87 Å². The molecular formula is C28H33ClN6O3S. The summed E-state index contributed by atoms with van der Waals surface area (Å²) < 4.78 is 34.2. The second-order valence-electron chi connectivity index (χ2n) is 11.5. The summed E-state index contributed by atoms with van der Waals surface area (Å²) in [5.74, 6) is 1.78. The average Bonchev–Trinajstić information content (AvgIpc) is 3.24. The molecule has 2 aromatic heterocycles. The van der Waals surface area contributed by atoms with Gasteiger partial charge in [-0.3, -0.25) is 0 Å². The van der Waals surface area contributed by atoms with Gasteiger partial charge in [-0.05, 0) is 54.9 Å². The van der Waals surface area contributed by atoms with Gasteiger partial charge < -0.3 is 15.4 Å². The third kappa shape index (κ3) is 5.11. The van der Waals surface area contributed by atoms with Crippen molar-refractivity contribution in [3.63, 3.8) is 0 Å². The SMILES string of the molecule is CC1(C)CCc2ncnc(N3CCOc4ccc(-c5cnc(Cl)c(S(=O)(=O)N6CC[C@H](N)C6)c5)cc4C3)c2C1. The second-order valence-corrected chi connectivity index (χ2v) is 13.7. The number of nitrogens with two attached hydrogens (primary N) is 1. The van der Waals surface area contributed by atoms with Crippen molar-refractivity contribution in [3.8, 4) is 16.9 Å². The lowest BCUT2D eigenvalue weighted by atomic mass is 9.76. The van der Waals surface area contributed by atoms with Crippen molar-refractivity contribution in [1.29, 1.82) is 0 Å². The largest absolute Gasteiger partial charge is 0.491 e. The summed E-state index contributed by atoms with van der Waals surface area (Å²) >= 11 is 6.30. The Morgan fingerprint density at radius 1 is 1.13 bits per heavy atom. The van der Waals surface area contributed by atoms with E-state index in [9.17, 15) is 8.42 Å². The molecule has 9 nitrogen and oxygen atoms in total. The van der Waals surface area contributed by atoms with Gasteiger partial charge in [-0.2, -0.15) is 4.31 Å². The first-order valence-electron chi connectivity index (χ1n) is 13.4. The first-order valence-corrected chi connectivity index (χ1v) is 15.2. The molecule has 0 spiro atoms. The third-order valence-corrected chi connectivity index (χ3v) is 10.3. The number of pyridine rings is 1. The number of benzene rings is 1. The Bertz CT molecular complexity index is 1530. The van der Waals surface area contributed by atoms with Crippen LogP contribution in [0.4, 0.5) is 5.82 Å². The number of aryl methyl sites for hydroxylation is 1. The van der Waals surface area contributed by atoms with Crippen molar-refractivity contribution in [2.75, 3.05) is 31.1 Å². The van der Waals surface area contributed by atoms with E-state index in [2.05, 4.69) is 28.7 Å². The Labute approximate surface area is 234 Å². The first kappa shape index (κ1) is 26.4. The van der Waals surface area contributed by atoms with Crippen LogP contribution in [0.25, 0.3) is 11.1 Å². The minimum atomic E-state index is -3.81. The maximum atomic E-state index is 13.3. The Kier molecular flexibility index (Phi) is 6.77. The molecule has 2 N–H and O–H groups in total. The molecule has 0 radical (unpaired) electrons. The molecule has 1 aromatic carbocycles. The summed E-state index contributed by atoms with van der Waals surface area (Å²) in [6.07, 6.45) is 6.92. The lowest BCUT2D eigenvalue weighted by Gasteiger charge is -2.33. The minimum Gasteiger partial charge on any atom is -0.491 e. The van der Waals surface area contributed by atoms with Crippen LogP contribution >= 0.6 is 11.6 Å². The maximum absolute atomic E-state index is 13.3. The van der Waals surface area contributed by atoms with E-state index in [0.717, 1.165) is 47.7 Å². The van der Waals surface area contributed by atoms with E-state index in [0.29, 0.717) is 38.2 Å². The summed E-state index contributed by atoms with van der Waals surface area (Å²) in [5, 5.41) is -0.0417. The smallest absolute Gasteiger partial charge is 0.246 e. The number of hydrogen-bond acceptors (Lipinski definition) is 8. The number of ether oxygens (including phenoxy) is 1. The number of hydrogen-bond donors (Lipinski definition) is 1. The van der Waals surface area contributed by atoms with Gasteiger partial charge in [0.1, 0.15) is 34.6 Å². The topological polar surface area (TPSA) is 115 Å². The molecule has 1 fully saturated rings. The molecular weight excluding hydrogens is 536 g/mol. The zero-order valence-corrected chi connectivity index (χ0v) is 23.8. The van der Waals surface area contributed by atoms with E-state index in [1.54, 1.807) is 18.6 Å². The molecule has 3 aliphatic rings. The van der Waals surface area contributed by atoms with Crippen LogP contribution in [-0.2, 0) is 29.4 Å². The molecule has 1 aliphatic carbocycles. The fourth-order valence-electron chi connectivity index (χ4n) is 5.76. The Morgan fingerprint density at radius 2 is 1.97 bits per heavy atom. The van der Waals surface area contributed by atoms with Crippen LogP contribution in [0.15, 0.2) is 41.7 Å². The molecule has 11 heteroatoms. The molecule has 2 aliphatic heterocycles. The summed E-state index contributed by atoms with van der Waals surface area (Å²) in [5.41, 5.74) is 11.0. The quantitative estimate of drug-likeness (QED) is 0.472.